The summed E-state index contributed by atoms with van der Waals surface area (Å²) in [6, 6.07) is 3.27. The van der Waals surface area contributed by atoms with Gasteiger partial charge in [-0.2, -0.15) is 21.4 Å². The van der Waals surface area contributed by atoms with Gasteiger partial charge >= 0.3 is 0 Å². The highest BCUT2D eigenvalue weighted by Gasteiger charge is 2.47. The molecule has 3 aliphatic heterocycles. The van der Waals surface area contributed by atoms with Crippen molar-refractivity contribution in [1.29, 1.82) is 32.5 Å². The predicted molar refractivity (Wildman–Crippen MR) is 569 cm³/mol. The summed E-state index contributed by atoms with van der Waals surface area (Å²) in [5, 5.41) is 98.6. The molecule has 2 aromatic heterocycles. The number of rotatable bonds is 62. The van der Waals surface area contributed by atoms with Crippen LogP contribution in [0.1, 0.15) is 199 Å². The minimum atomic E-state index is -4.67. The van der Waals surface area contributed by atoms with Crippen LogP contribution in [0.5, 0.6) is 0 Å². The number of carbonyl (C=O) groups excluding carboxylic acids is 10. The van der Waals surface area contributed by atoms with Crippen LogP contribution < -0.4 is 130 Å². The number of hydrogen-bond acceptors (Lipinski definition) is 26. The number of allylic oxidation sites excluding steroid dienone is 4. The number of likely N-dealkylation sites (N-methyl/N-ethyl adjacent to an activating group) is 1. The molecule has 818 valence electrons. The van der Waals surface area contributed by atoms with Crippen LogP contribution in [0, 0.1) is 32.5 Å². The zero-order chi connectivity index (χ0) is 110. The molecule has 4 unspecified atom stereocenters. The van der Waals surface area contributed by atoms with Crippen molar-refractivity contribution < 1.29 is 83.6 Å². The first-order valence-corrected chi connectivity index (χ1v) is 53.9. The normalized spacial score (nSPS) is 16.9. The van der Waals surface area contributed by atoms with Crippen LogP contribution in [0.15, 0.2) is 97.6 Å². The number of hydrogen-bond donors (Lipinski definition) is 32. The van der Waals surface area contributed by atoms with Gasteiger partial charge in [-0.1, -0.05) is 28.4 Å². The summed E-state index contributed by atoms with van der Waals surface area (Å²) in [5.74, 6) is -10.1. The van der Waals surface area contributed by atoms with Gasteiger partial charge in [0.2, 0.25) is 64.8 Å². The fourth-order valence-electron chi connectivity index (χ4n) is 18.2. The van der Waals surface area contributed by atoms with Crippen LogP contribution in [0.25, 0.3) is 20.3 Å². The number of thiophene rings is 1. The van der Waals surface area contributed by atoms with Crippen LogP contribution in [0.3, 0.4) is 0 Å². The number of β-amino-alcohol motifs (C(OH)–C–C–N with tert-alkyl or cyclic N) is 1. The maximum atomic E-state index is 15.1. The van der Waals surface area contributed by atoms with Gasteiger partial charge in [0, 0.05) is 127 Å². The van der Waals surface area contributed by atoms with Gasteiger partial charge in [-0.05, 0) is 223 Å². The number of primary amides is 1. The minimum absolute atomic E-state index is 0.00259. The third-order valence-corrected chi connectivity index (χ3v) is 29.1. The summed E-state index contributed by atoms with van der Waals surface area (Å²) in [6.07, 6.45) is 6.20. The topological polar surface area (TPSA) is 861 Å². The Morgan fingerprint density at radius 1 is 0.530 bits per heavy atom. The number of halogens is 1. The fraction of sp³-hybridized carbons (Fsp3) is 0.543. The van der Waals surface area contributed by atoms with Crippen molar-refractivity contribution in [2.45, 2.75) is 264 Å². The quantitative estimate of drug-likeness (QED) is 0.00749. The second-order valence-electron chi connectivity index (χ2n) is 37.4. The Balaban J connectivity index is 0.921. The Kier molecular flexibility index (Phi) is 46.2. The van der Waals surface area contributed by atoms with Crippen molar-refractivity contribution in [2.75, 3.05) is 76.9 Å². The number of aliphatic hydroxyl groups is 1. The molecule has 55 heteroatoms. The van der Waals surface area contributed by atoms with Crippen molar-refractivity contribution in [3.05, 3.63) is 110 Å². The number of nitrogens with two attached hydrogens (primary N) is 7. The van der Waals surface area contributed by atoms with Gasteiger partial charge in [-0.15, -0.1) is 11.3 Å². The molecule has 10 atom stereocenters. The number of likely N-dealkylation sites (tertiary alicyclic amines) is 1. The lowest BCUT2D eigenvalue weighted by Gasteiger charge is -2.30. The Bertz CT molecular complexity index is 6100. The molecule has 1 saturated heterocycles. The van der Waals surface area contributed by atoms with E-state index >= 15 is 9.59 Å². The van der Waals surface area contributed by atoms with Gasteiger partial charge in [-0.25, -0.2) is 4.98 Å². The van der Waals surface area contributed by atoms with E-state index in [1.807, 2.05) is 80.5 Å². The smallest absolute Gasteiger partial charge is 0.294 e. The van der Waals surface area contributed by atoms with E-state index < -0.39 is 163 Å². The molecule has 0 spiro atoms. The summed E-state index contributed by atoms with van der Waals surface area (Å²) in [4.78, 5) is 168. The average Bonchev–Trinajstić information content (AvgIpc) is 1.58. The Hall–Kier alpha value is -13.8. The molecule has 5 heterocycles. The van der Waals surface area contributed by atoms with E-state index in [1.54, 1.807) is 17.0 Å². The van der Waals surface area contributed by atoms with Crippen molar-refractivity contribution in [3.63, 3.8) is 0 Å². The standard InChI is InChI=1S/C94H144BrN33O18S3/c1-6-127-67-35-33-55(148(141,142)143)49-58(67)93(3,4)71(127)28-13-29-72-94(5,59-50-56(149(144,145)146)34-36-68(59)128(72)7-2)38-14-31-74(130)109-39-12-10-21-60(78(96)132)118-80(134)62(23-16-42-112-88(99)100)120-82(136)64(25-18-44-114-90(103)104)122-84(138)66(27-20-46-116-92(107)108)123-83(137)65(26-19-45-115-91(105)106)121-81(135)63(24-17-43-113-89(101)102)119-79(133)61(22-15-41-111-87(97)98)117-75(131)30-9-8-11-40-110-85(139)69-48-54(129)51-126(69)52-73-124-76-57-47-53(95)32-37-70(57)147-77(76)86(140)125-73/h13,28-29,32-37,47,49-50,54,60-66,69,129H,6-12,14-27,30-31,38-46,48,51-52H2,1-5H3,(H37-,96,97,98,99,100,101,102,103,104,105,106,107,108,109,110,111,112,113,114,115,116,117,118,119,120,121,122,123,124,125,130,131,132,133,134,135,136,137,138,139,140,141,142,143,144,145,146)/p+1/t54-,60+,61+,62?,63?,64+,65+,66?,69+,94?/m0/s1. The molecule has 8 rings (SSSR count). The number of fused-ring (bicyclic) bond motifs is 5. The maximum absolute atomic E-state index is 15.1. The van der Waals surface area contributed by atoms with Crippen LogP contribution in [0.4, 0.5) is 11.4 Å². The molecule has 10 amide bonds. The highest BCUT2D eigenvalue weighted by molar-refractivity contribution is 9.10. The van der Waals surface area contributed by atoms with E-state index in [0.29, 0.717) is 71.6 Å². The van der Waals surface area contributed by atoms with Gasteiger partial charge in [0.05, 0.1) is 39.4 Å². The molecule has 51 nitrogen and oxygen atoms in total. The minimum Gasteiger partial charge on any atom is -0.392 e. The van der Waals surface area contributed by atoms with Crippen molar-refractivity contribution in [1.82, 2.24) is 94.6 Å². The van der Waals surface area contributed by atoms with E-state index in [9.17, 15) is 74.2 Å². The Labute approximate surface area is 876 Å². The number of benzene rings is 3. The lowest BCUT2D eigenvalue weighted by molar-refractivity contribution is -0.433. The van der Waals surface area contributed by atoms with Gasteiger partial charge in [0.25, 0.3) is 25.8 Å². The number of aliphatic hydroxyl groups excluding tert-OH is 1. The first kappa shape index (κ1) is 120. The van der Waals surface area contributed by atoms with Gasteiger partial charge in [-0.3, -0.25) is 99.2 Å². The zero-order valence-corrected chi connectivity index (χ0v) is 88.3. The number of aromatic amines is 1. The monoisotopic (exact) mass is 2200 g/mol. The zero-order valence-electron chi connectivity index (χ0n) is 84.3. The molecule has 0 bridgehead atoms. The number of carbonyl (C=O) groups is 10. The van der Waals surface area contributed by atoms with Gasteiger partial charge in [0.1, 0.15) is 59.4 Å². The number of guanidine groups is 6. The van der Waals surface area contributed by atoms with E-state index in [0.717, 1.165) is 31.7 Å². The summed E-state index contributed by atoms with van der Waals surface area (Å²) in [6.45, 7) is 11.1. The number of amides is 10. The third-order valence-electron chi connectivity index (χ3n) is 25.8. The summed E-state index contributed by atoms with van der Waals surface area (Å²) >= 11 is 4.80. The van der Waals surface area contributed by atoms with Crippen LogP contribution >= 0.6 is 27.3 Å². The molecule has 1 fully saturated rings. The second kappa shape index (κ2) is 57.1. The van der Waals surface area contributed by atoms with E-state index in [1.165, 1.54) is 35.6 Å². The lowest BCUT2D eigenvalue weighted by Crippen LogP contribution is -2.60. The first-order valence-electron chi connectivity index (χ1n) is 49.5. The lowest BCUT2D eigenvalue weighted by atomic mass is 9.77. The van der Waals surface area contributed by atoms with Crippen LogP contribution in [0.2, 0.25) is 0 Å². The highest BCUT2D eigenvalue weighted by atomic mass is 79.9. The third kappa shape index (κ3) is 36.6. The summed E-state index contributed by atoms with van der Waals surface area (Å²) < 4.78 is 74.1. The molecule has 0 saturated carbocycles. The number of unbranched alkanes of at least 4 members (excludes halogenated alkanes) is 3. The summed E-state index contributed by atoms with van der Waals surface area (Å²) in [5.41, 5.74) is 42.4. The highest BCUT2D eigenvalue weighted by Crippen LogP contribution is 2.52. The van der Waals surface area contributed by atoms with E-state index in [2.05, 4.69) is 101 Å². The molecule has 3 aromatic carbocycles. The second-order valence-corrected chi connectivity index (χ2v) is 42.2. The largest absolute Gasteiger partial charge is 0.392 e. The average molecular weight is 2200 g/mol. The molecular formula is C94H145BrN33O18S3+. The molecule has 3 aliphatic rings. The predicted octanol–water partition coefficient (Wildman–Crippen LogP) is -0.745. The fourth-order valence-corrected chi connectivity index (χ4v) is 20.6. The van der Waals surface area contributed by atoms with Gasteiger partial charge < -0.3 is 135 Å². The number of nitrogens with zero attached hydrogens (tertiary/aromatic N) is 4. The summed E-state index contributed by atoms with van der Waals surface area (Å²) in [7, 11) is -9.18. The molecule has 0 aliphatic carbocycles. The van der Waals surface area contributed by atoms with E-state index in [-0.39, 0.29) is 221 Å². The number of aromatic nitrogens is 2. The van der Waals surface area contributed by atoms with Crippen molar-refractivity contribution >= 4 is 180 Å². The molecular weight excluding hydrogens is 2060 g/mol. The Morgan fingerprint density at radius 2 is 0.953 bits per heavy atom. The van der Waals surface area contributed by atoms with Crippen molar-refractivity contribution in [2.24, 2.45) is 40.1 Å². The molecule has 39 N–H and O–H groups in total. The van der Waals surface area contributed by atoms with Gasteiger partial charge in [0.15, 0.2) is 41.5 Å². The molecule has 149 heavy (non-hydrogen) atoms. The first-order chi connectivity index (χ1) is 70.4. The number of nitrogens with one attached hydrogen (secondary N) is 22. The molecule has 5 aromatic rings. The van der Waals surface area contributed by atoms with Crippen LogP contribution in [-0.4, -0.2) is 277 Å². The van der Waals surface area contributed by atoms with E-state index in [4.69, 9.17) is 77.6 Å². The number of anilines is 1. The number of H-pyrrole nitrogens is 1. The SMILES string of the molecule is CCN1/C(=C/C=C/C2=[N+](CC)c3ccc(S(=O)(=O)O)cc3C2(C)C)C(C)(CCCC(=O)NCCCC[C@@H](NC(=O)C(CCCNC(=N)N)NC(=O)[C@@H](CCCNC(=N)N)NC(=O)C(CCCNC(=N)N)NC(=O)[C@@H](CCCNC(=N)N)NC(=O)C(CCCNC(=N)N)NC(=O)[C@@H](CCCNC(=N)N)NC(=O)CCCCCNC(=O)[C@H]2C[C@H](O)CN2Cc2nc3c(sc4ccc(Br)cc43)c(=O)[nH]2)C(N)=O)c2cc(S(=O)(=O)O)ccc21. The molecule has 0 radical (unpaired) electrons. The van der Waals surface area contributed by atoms with Crippen LogP contribution in [-0.2, 0) is 85.6 Å². The van der Waals surface area contributed by atoms with Crippen molar-refractivity contribution in [3.8, 4) is 0 Å². The Morgan fingerprint density at radius 3 is 1.40 bits per heavy atom. The maximum Gasteiger partial charge on any atom is 0.294 e.